The minimum atomic E-state index is -0.364. The lowest BCUT2D eigenvalue weighted by atomic mass is 9.87. The summed E-state index contributed by atoms with van der Waals surface area (Å²) in [5, 5.41) is 2.75. The number of carbonyl (C=O) groups is 2. The van der Waals surface area contributed by atoms with Crippen LogP contribution in [0.1, 0.15) is 44.6 Å². The van der Waals surface area contributed by atoms with Crippen LogP contribution in [-0.2, 0) is 10.2 Å². The van der Waals surface area contributed by atoms with Gasteiger partial charge in [0.15, 0.2) is 0 Å². The number of benzene rings is 1. The van der Waals surface area contributed by atoms with Crippen molar-refractivity contribution in [1.82, 2.24) is 10.2 Å². The van der Waals surface area contributed by atoms with Gasteiger partial charge in [0.2, 0.25) is 0 Å². The van der Waals surface area contributed by atoms with Crippen LogP contribution in [-0.4, -0.2) is 41.6 Å². The summed E-state index contributed by atoms with van der Waals surface area (Å²) >= 11 is 0. The molecule has 3 amide bonds. The average Bonchev–Trinajstić information content (AvgIpc) is 3.17. The van der Waals surface area contributed by atoms with Crippen LogP contribution in [0.15, 0.2) is 18.2 Å². The molecule has 3 fully saturated rings. The molecule has 0 unspecified atom stereocenters. The van der Waals surface area contributed by atoms with E-state index in [4.69, 9.17) is 9.47 Å². The number of amides is 3. The zero-order valence-corrected chi connectivity index (χ0v) is 14.3. The molecule has 0 aromatic heterocycles. The van der Waals surface area contributed by atoms with Gasteiger partial charge in [-0.2, -0.15) is 0 Å². The van der Waals surface area contributed by atoms with Crippen molar-refractivity contribution in [3.05, 3.63) is 23.8 Å². The van der Waals surface area contributed by atoms with Gasteiger partial charge in [-0.05, 0) is 31.4 Å². The fourth-order valence-electron chi connectivity index (χ4n) is 4.28. The van der Waals surface area contributed by atoms with Gasteiger partial charge in [-0.1, -0.05) is 13.0 Å². The molecule has 2 aliphatic carbocycles. The topological polar surface area (TPSA) is 67.9 Å². The van der Waals surface area contributed by atoms with E-state index in [-0.39, 0.29) is 35.5 Å². The molecule has 2 saturated carbocycles. The van der Waals surface area contributed by atoms with E-state index in [0.29, 0.717) is 19.3 Å². The van der Waals surface area contributed by atoms with Gasteiger partial charge in [-0.15, -0.1) is 0 Å². The summed E-state index contributed by atoms with van der Waals surface area (Å²) < 4.78 is 12.1. The van der Waals surface area contributed by atoms with Crippen molar-refractivity contribution in [2.45, 2.75) is 62.6 Å². The number of imide groups is 1. The van der Waals surface area contributed by atoms with Crippen molar-refractivity contribution in [3.8, 4) is 11.5 Å². The number of hydrogen-bond donors (Lipinski definition) is 1. The van der Waals surface area contributed by atoms with Crippen LogP contribution in [0, 0.1) is 0 Å². The highest BCUT2D eigenvalue weighted by Gasteiger charge is 2.53. The molecule has 6 nitrogen and oxygen atoms in total. The lowest BCUT2D eigenvalue weighted by Gasteiger charge is -2.39. The van der Waals surface area contributed by atoms with Gasteiger partial charge in [0.1, 0.15) is 23.6 Å². The van der Waals surface area contributed by atoms with Gasteiger partial charge < -0.3 is 14.8 Å². The molecule has 2 heterocycles. The molecule has 1 spiro atoms. The number of rotatable bonds is 4. The summed E-state index contributed by atoms with van der Waals surface area (Å²) in [6.07, 6.45) is 4.41. The number of urea groups is 1. The fourth-order valence-corrected chi connectivity index (χ4v) is 4.28. The Bertz CT molecular complexity index is 752. The lowest BCUT2D eigenvalue weighted by Crippen LogP contribution is -2.52. The largest absolute Gasteiger partial charge is 0.492 e. The van der Waals surface area contributed by atoms with Crippen LogP contribution >= 0.6 is 0 Å². The minimum absolute atomic E-state index is 0.0445. The number of fused-ring (bicyclic) bond motifs is 2. The van der Waals surface area contributed by atoms with Gasteiger partial charge in [0, 0.05) is 29.9 Å². The van der Waals surface area contributed by atoms with Gasteiger partial charge in [0.05, 0.1) is 6.61 Å². The SMILES string of the molecule is CC[C@H]1NC(=O)N(C2CC(Oc3cccc4c3C3(CC3)CO4)C2)C1=O. The van der Waals surface area contributed by atoms with E-state index >= 15 is 0 Å². The molecule has 0 bridgehead atoms. The molecule has 4 aliphatic rings. The van der Waals surface area contributed by atoms with Crippen molar-refractivity contribution in [2.75, 3.05) is 6.61 Å². The molecule has 1 aromatic carbocycles. The second kappa shape index (κ2) is 5.13. The Kier molecular flexibility index (Phi) is 3.09. The first-order valence-electron chi connectivity index (χ1n) is 9.18. The van der Waals surface area contributed by atoms with Crippen molar-refractivity contribution in [2.24, 2.45) is 0 Å². The van der Waals surface area contributed by atoms with Gasteiger partial charge in [-0.3, -0.25) is 9.69 Å². The second-order valence-corrected chi connectivity index (χ2v) is 7.68. The van der Waals surface area contributed by atoms with Gasteiger partial charge in [0.25, 0.3) is 5.91 Å². The van der Waals surface area contributed by atoms with Crippen molar-refractivity contribution >= 4 is 11.9 Å². The standard InChI is InChI=1S/C19H22N2O4/c1-2-13-17(22)21(18(23)20-13)11-8-12(9-11)25-15-5-3-4-14-16(15)19(6-7-19)10-24-14/h3-5,11-13H,2,6-10H2,1H3,(H,20,23)/t11?,12?,13-/m1/s1. The number of ether oxygens (including phenoxy) is 2. The van der Waals surface area contributed by atoms with E-state index in [1.807, 2.05) is 25.1 Å². The van der Waals surface area contributed by atoms with Crippen molar-refractivity contribution in [1.29, 1.82) is 0 Å². The quantitative estimate of drug-likeness (QED) is 0.853. The lowest BCUT2D eigenvalue weighted by molar-refractivity contribution is -0.131. The third-order valence-corrected chi connectivity index (χ3v) is 6.06. The van der Waals surface area contributed by atoms with Crippen LogP contribution in [0.2, 0.25) is 0 Å². The summed E-state index contributed by atoms with van der Waals surface area (Å²) in [5.41, 5.74) is 1.40. The molecule has 0 radical (unpaired) electrons. The Balaban J connectivity index is 1.27. The molecule has 6 heteroatoms. The number of carbonyl (C=O) groups excluding carboxylic acids is 2. The number of nitrogens with one attached hydrogen (secondary N) is 1. The predicted octanol–water partition coefficient (Wildman–Crippen LogP) is 2.35. The molecule has 25 heavy (non-hydrogen) atoms. The van der Waals surface area contributed by atoms with Gasteiger partial charge >= 0.3 is 6.03 Å². The van der Waals surface area contributed by atoms with Crippen LogP contribution in [0.4, 0.5) is 4.79 Å². The fraction of sp³-hybridized carbons (Fsp3) is 0.579. The maximum atomic E-state index is 12.3. The normalized spacial score (nSPS) is 31.4. The Morgan fingerprint density at radius 3 is 2.80 bits per heavy atom. The third kappa shape index (κ3) is 2.16. The molecule has 5 rings (SSSR count). The monoisotopic (exact) mass is 342 g/mol. The summed E-state index contributed by atoms with van der Waals surface area (Å²) in [6, 6.07) is 5.33. The zero-order chi connectivity index (χ0) is 17.2. The van der Waals surface area contributed by atoms with Crippen LogP contribution in [0.25, 0.3) is 0 Å². The van der Waals surface area contributed by atoms with E-state index in [0.717, 1.165) is 30.9 Å². The summed E-state index contributed by atoms with van der Waals surface area (Å²) in [7, 11) is 0. The molecular formula is C19H22N2O4. The Labute approximate surface area is 146 Å². The second-order valence-electron chi connectivity index (χ2n) is 7.68. The van der Waals surface area contributed by atoms with E-state index in [1.165, 1.54) is 10.5 Å². The summed E-state index contributed by atoms with van der Waals surface area (Å²) in [4.78, 5) is 25.7. The van der Waals surface area contributed by atoms with E-state index in [1.54, 1.807) is 0 Å². The molecule has 132 valence electrons. The van der Waals surface area contributed by atoms with Crippen LogP contribution in [0.5, 0.6) is 11.5 Å². The van der Waals surface area contributed by atoms with E-state index < -0.39 is 0 Å². The van der Waals surface area contributed by atoms with E-state index in [9.17, 15) is 9.59 Å². The van der Waals surface area contributed by atoms with Gasteiger partial charge in [-0.25, -0.2) is 4.79 Å². The molecular weight excluding hydrogens is 320 g/mol. The molecule has 1 N–H and O–H groups in total. The molecule has 1 saturated heterocycles. The number of hydrogen-bond acceptors (Lipinski definition) is 4. The first-order valence-corrected chi connectivity index (χ1v) is 9.18. The Hall–Kier alpha value is -2.24. The molecule has 1 aromatic rings. The summed E-state index contributed by atoms with van der Waals surface area (Å²) in [6.45, 7) is 2.67. The summed E-state index contributed by atoms with van der Waals surface area (Å²) in [5.74, 6) is 1.77. The third-order valence-electron chi connectivity index (χ3n) is 6.06. The highest BCUT2D eigenvalue weighted by molar-refractivity contribution is 6.04. The molecule has 2 aliphatic heterocycles. The first kappa shape index (κ1) is 15.0. The Morgan fingerprint density at radius 2 is 2.12 bits per heavy atom. The first-order chi connectivity index (χ1) is 12.1. The average molecular weight is 342 g/mol. The smallest absolute Gasteiger partial charge is 0.325 e. The highest BCUT2D eigenvalue weighted by Crippen LogP contribution is 2.58. The molecule has 1 atom stereocenters. The van der Waals surface area contributed by atoms with Crippen LogP contribution < -0.4 is 14.8 Å². The maximum absolute atomic E-state index is 12.3. The van der Waals surface area contributed by atoms with E-state index in [2.05, 4.69) is 5.32 Å². The highest BCUT2D eigenvalue weighted by atomic mass is 16.5. The van der Waals surface area contributed by atoms with Crippen molar-refractivity contribution in [3.63, 3.8) is 0 Å². The predicted molar refractivity (Wildman–Crippen MR) is 89.7 cm³/mol. The zero-order valence-electron chi connectivity index (χ0n) is 14.3. The maximum Gasteiger partial charge on any atom is 0.325 e. The minimum Gasteiger partial charge on any atom is -0.492 e. The van der Waals surface area contributed by atoms with Crippen LogP contribution in [0.3, 0.4) is 0 Å². The Morgan fingerprint density at radius 1 is 1.32 bits per heavy atom. The number of nitrogens with zero attached hydrogens (tertiary/aromatic N) is 1. The van der Waals surface area contributed by atoms with Crippen molar-refractivity contribution < 1.29 is 19.1 Å².